The van der Waals surface area contributed by atoms with E-state index in [0.717, 1.165) is 28.6 Å². The minimum Gasteiger partial charge on any atom is -0.410 e. The molecule has 1 aromatic heterocycles. The summed E-state index contributed by atoms with van der Waals surface area (Å²) in [6, 6.07) is 13.9. The molecule has 2 aromatic carbocycles. The van der Waals surface area contributed by atoms with Crippen LogP contribution >= 0.6 is 11.6 Å². The fourth-order valence-electron chi connectivity index (χ4n) is 2.93. The molecule has 0 spiro atoms. The predicted molar refractivity (Wildman–Crippen MR) is 110 cm³/mol. The standard InChI is InChI=1S/C22H18ClF3N2O2/c1-13-7-9-18(14(2)27-13)15-5-4-6-16(11-15)28(3)21(29)30-17-8-10-20(23)19(12-17)22(24,25)26/h4-12H,1-3H3. The molecule has 0 bridgehead atoms. The molecule has 0 aliphatic carbocycles. The van der Waals surface area contributed by atoms with Gasteiger partial charge in [-0.15, -0.1) is 0 Å². The Hall–Kier alpha value is -3.06. The van der Waals surface area contributed by atoms with Crippen LogP contribution in [0.5, 0.6) is 5.75 Å². The van der Waals surface area contributed by atoms with E-state index in [4.69, 9.17) is 16.3 Å². The first-order valence-corrected chi connectivity index (χ1v) is 9.31. The summed E-state index contributed by atoms with van der Waals surface area (Å²) in [5, 5.41) is -0.467. The number of amides is 1. The van der Waals surface area contributed by atoms with E-state index in [-0.39, 0.29) is 5.75 Å². The van der Waals surface area contributed by atoms with Crippen molar-refractivity contribution in [3.63, 3.8) is 0 Å². The van der Waals surface area contributed by atoms with Crippen LogP contribution in [0.1, 0.15) is 17.0 Å². The zero-order valence-electron chi connectivity index (χ0n) is 16.4. The van der Waals surface area contributed by atoms with Gasteiger partial charge < -0.3 is 4.74 Å². The summed E-state index contributed by atoms with van der Waals surface area (Å²) in [7, 11) is 1.47. The van der Waals surface area contributed by atoms with Gasteiger partial charge >= 0.3 is 12.3 Å². The molecule has 0 saturated heterocycles. The van der Waals surface area contributed by atoms with E-state index < -0.39 is 22.9 Å². The largest absolute Gasteiger partial charge is 0.419 e. The molecule has 0 fully saturated rings. The summed E-state index contributed by atoms with van der Waals surface area (Å²) in [4.78, 5) is 18.1. The van der Waals surface area contributed by atoms with Crippen LogP contribution in [-0.4, -0.2) is 18.1 Å². The number of aryl methyl sites for hydroxylation is 2. The van der Waals surface area contributed by atoms with Crippen molar-refractivity contribution in [3.05, 3.63) is 76.6 Å². The SMILES string of the molecule is Cc1ccc(-c2cccc(N(C)C(=O)Oc3ccc(Cl)c(C(F)(F)F)c3)c2)c(C)n1. The molecule has 8 heteroatoms. The van der Waals surface area contributed by atoms with Gasteiger partial charge in [0.25, 0.3) is 0 Å². The van der Waals surface area contributed by atoms with Crippen LogP contribution < -0.4 is 9.64 Å². The van der Waals surface area contributed by atoms with Crippen LogP contribution in [0, 0.1) is 13.8 Å². The van der Waals surface area contributed by atoms with Crippen molar-refractivity contribution in [1.29, 1.82) is 0 Å². The van der Waals surface area contributed by atoms with E-state index in [1.54, 1.807) is 18.2 Å². The highest BCUT2D eigenvalue weighted by molar-refractivity contribution is 6.31. The first kappa shape index (κ1) is 21.6. The lowest BCUT2D eigenvalue weighted by Crippen LogP contribution is -2.29. The van der Waals surface area contributed by atoms with E-state index >= 15 is 0 Å². The first-order chi connectivity index (χ1) is 14.1. The van der Waals surface area contributed by atoms with E-state index in [9.17, 15) is 18.0 Å². The molecule has 0 radical (unpaired) electrons. The first-order valence-electron chi connectivity index (χ1n) is 8.93. The highest BCUT2D eigenvalue weighted by atomic mass is 35.5. The molecule has 3 rings (SSSR count). The summed E-state index contributed by atoms with van der Waals surface area (Å²) < 4.78 is 44.2. The third kappa shape index (κ3) is 4.74. The van der Waals surface area contributed by atoms with Gasteiger partial charge in [-0.3, -0.25) is 9.88 Å². The van der Waals surface area contributed by atoms with Crippen molar-refractivity contribution >= 4 is 23.4 Å². The number of pyridine rings is 1. The van der Waals surface area contributed by atoms with Crippen LogP contribution in [0.4, 0.5) is 23.7 Å². The number of ether oxygens (including phenoxy) is 1. The Bertz CT molecular complexity index is 1100. The Kier molecular flexibility index (Phi) is 6.03. The summed E-state index contributed by atoms with van der Waals surface area (Å²) in [6.07, 6.45) is -5.49. The van der Waals surface area contributed by atoms with Crippen LogP contribution in [0.2, 0.25) is 5.02 Å². The lowest BCUT2D eigenvalue weighted by molar-refractivity contribution is -0.137. The molecule has 1 amide bonds. The maximum Gasteiger partial charge on any atom is 0.419 e. The monoisotopic (exact) mass is 434 g/mol. The molecule has 0 unspecified atom stereocenters. The van der Waals surface area contributed by atoms with E-state index in [0.29, 0.717) is 11.8 Å². The number of carbonyl (C=O) groups excluding carboxylic acids is 1. The van der Waals surface area contributed by atoms with Crippen molar-refractivity contribution in [1.82, 2.24) is 4.98 Å². The fourth-order valence-corrected chi connectivity index (χ4v) is 3.16. The Labute approximate surface area is 176 Å². The van der Waals surface area contributed by atoms with E-state index in [1.165, 1.54) is 18.0 Å². The van der Waals surface area contributed by atoms with Crippen molar-refractivity contribution in [2.24, 2.45) is 0 Å². The molecule has 1 heterocycles. The Morgan fingerprint density at radius 1 is 1.07 bits per heavy atom. The van der Waals surface area contributed by atoms with Crippen LogP contribution in [0.25, 0.3) is 11.1 Å². The smallest absolute Gasteiger partial charge is 0.410 e. The number of hydrogen-bond donors (Lipinski definition) is 0. The number of rotatable bonds is 3. The molecule has 0 aliphatic rings. The lowest BCUT2D eigenvalue weighted by Gasteiger charge is -2.19. The number of hydrogen-bond acceptors (Lipinski definition) is 3. The molecule has 0 N–H and O–H groups in total. The molecule has 0 atom stereocenters. The number of benzene rings is 2. The summed E-state index contributed by atoms with van der Waals surface area (Å²) in [6.45, 7) is 3.80. The van der Waals surface area contributed by atoms with Crippen LogP contribution in [0.15, 0.2) is 54.6 Å². The zero-order valence-corrected chi connectivity index (χ0v) is 17.2. The number of aromatic nitrogens is 1. The van der Waals surface area contributed by atoms with E-state index in [1.807, 2.05) is 32.0 Å². The Balaban J connectivity index is 1.83. The second-order valence-electron chi connectivity index (χ2n) is 6.70. The van der Waals surface area contributed by atoms with Gasteiger partial charge in [-0.05, 0) is 55.8 Å². The molecule has 30 heavy (non-hydrogen) atoms. The van der Waals surface area contributed by atoms with Gasteiger partial charge in [0.05, 0.1) is 10.6 Å². The fraction of sp³-hybridized carbons (Fsp3) is 0.182. The normalized spacial score (nSPS) is 11.3. The van der Waals surface area contributed by atoms with Gasteiger partial charge in [0.1, 0.15) is 5.75 Å². The van der Waals surface area contributed by atoms with Gasteiger partial charge in [-0.1, -0.05) is 29.8 Å². The number of carbonyl (C=O) groups is 1. The van der Waals surface area contributed by atoms with Gasteiger partial charge in [0.2, 0.25) is 0 Å². The number of halogens is 4. The Morgan fingerprint density at radius 2 is 1.80 bits per heavy atom. The molecule has 4 nitrogen and oxygen atoms in total. The summed E-state index contributed by atoms with van der Waals surface area (Å²) in [5.74, 6) is -0.252. The molecule has 0 saturated carbocycles. The van der Waals surface area contributed by atoms with Gasteiger partial charge in [0.15, 0.2) is 0 Å². The average Bonchev–Trinajstić information content (AvgIpc) is 2.68. The summed E-state index contributed by atoms with van der Waals surface area (Å²) in [5.41, 5.74) is 2.95. The lowest BCUT2D eigenvalue weighted by atomic mass is 10.0. The maximum absolute atomic E-state index is 13.0. The molecule has 3 aromatic rings. The second kappa shape index (κ2) is 8.36. The van der Waals surface area contributed by atoms with Crippen molar-refractivity contribution in [3.8, 4) is 16.9 Å². The number of nitrogens with zero attached hydrogens (tertiary/aromatic N) is 2. The van der Waals surface area contributed by atoms with E-state index in [2.05, 4.69) is 4.98 Å². The van der Waals surface area contributed by atoms with Crippen LogP contribution in [0.3, 0.4) is 0 Å². The highest BCUT2D eigenvalue weighted by Crippen LogP contribution is 2.37. The van der Waals surface area contributed by atoms with Crippen molar-refractivity contribution in [2.45, 2.75) is 20.0 Å². The number of alkyl halides is 3. The number of anilines is 1. The zero-order chi connectivity index (χ0) is 22.1. The van der Waals surface area contributed by atoms with Crippen molar-refractivity contribution in [2.75, 3.05) is 11.9 Å². The van der Waals surface area contributed by atoms with Gasteiger partial charge in [-0.25, -0.2) is 4.79 Å². The average molecular weight is 435 g/mol. The minimum atomic E-state index is -4.65. The molecular weight excluding hydrogens is 417 g/mol. The molecular formula is C22H18ClF3N2O2. The summed E-state index contributed by atoms with van der Waals surface area (Å²) >= 11 is 5.60. The Morgan fingerprint density at radius 3 is 2.47 bits per heavy atom. The maximum atomic E-state index is 13.0. The third-order valence-corrected chi connectivity index (χ3v) is 4.82. The molecule has 156 valence electrons. The predicted octanol–water partition coefficient (Wildman–Crippen LogP) is 6.67. The van der Waals surface area contributed by atoms with Gasteiger partial charge in [-0.2, -0.15) is 13.2 Å². The minimum absolute atomic E-state index is 0.252. The second-order valence-corrected chi connectivity index (χ2v) is 7.11. The topological polar surface area (TPSA) is 42.4 Å². The highest BCUT2D eigenvalue weighted by Gasteiger charge is 2.33. The van der Waals surface area contributed by atoms with Gasteiger partial charge in [0, 0.05) is 29.7 Å². The van der Waals surface area contributed by atoms with Crippen molar-refractivity contribution < 1.29 is 22.7 Å². The quantitative estimate of drug-likeness (QED) is 0.462. The third-order valence-electron chi connectivity index (χ3n) is 4.49. The van der Waals surface area contributed by atoms with Crippen LogP contribution in [-0.2, 0) is 6.18 Å². The molecule has 0 aliphatic heterocycles.